The van der Waals surface area contributed by atoms with Crippen molar-refractivity contribution in [2.45, 2.75) is 12.5 Å². The van der Waals surface area contributed by atoms with Crippen LogP contribution in [0.25, 0.3) is 0 Å². The van der Waals surface area contributed by atoms with Gasteiger partial charge >= 0.3 is 0 Å². The predicted octanol–water partition coefficient (Wildman–Crippen LogP) is 2.21. The van der Waals surface area contributed by atoms with Crippen LogP contribution in [0.5, 0.6) is 0 Å². The molecule has 1 aromatic heterocycles. The van der Waals surface area contributed by atoms with Crippen molar-refractivity contribution in [3.63, 3.8) is 0 Å². The molecule has 0 radical (unpaired) electrons. The topological polar surface area (TPSA) is 67.9 Å². The van der Waals surface area contributed by atoms with Gasteiger partial charge in [-0.05, 0) is 17.0 Å². The highest BCUT2D eigenvalue weighted by Crippen LogP contribution is 2.11. The quantitative estimate of drug-likeness (QED) is 0.639. The van der Waals surface area contributed by atoms with Crippen LogP contribution in [0, 0.1) is 0 Å². The second kappa shape index (κ2) is 11.5. The van der Waals surface area contributed by atoms with Crippen LogP contribution >= 0.6 is 11.3 Å². The Morgan fingerprint density at radius 2 is 1.70 bits per heavy atom. The number of benzene rings is 1. The molecule has 0 aliphatic carbocycles. The van der Waals surface area contributed by atoms with Crippen LogP contribution in [0.15, 0.2) is 47.8 Å². The maximum atomic E-state index is 13.2. The molecule has 0 saturated carbocycles. The molecule has 7 heteroatoms. The van der Waals surface area contributed by atoms with Crippen LogP contribution in [-0.2, 0) is 20.7 Å². The molecule has 0 aliphatic heterocycles. The summed E-state index contributed by atoms with van der Waals surface area (Å²) in [6, 6.07) is 12.6. The van der Waals surface area contributed by atoms with Gasteiger partial charge in [0, 0.05) is 33.7 Å². The molecule has 0 fully saturated rings. The molecule has 0 aliphatic rings. The molecule has 6 nitrogen and oxygen atoms in total. The van der Waals surface area contributed by atoms with E-state index in [1.165, 1.54) is 11.3 Å². The van der Waals surface area contributed by atoms with Crippen LogP contribution in [0.4, 0.5) is 0 Å². The van der Waals surface area contributed by atoms with Gasteiger partial charge in [-0.3, -0.25) is 9.59 Å². The first kappa shape index (κ1) is 21.1. The monoisotopic (exact) mass is 390 g/mol. The molecular formula is C20H26N2O4S. The van der Waals surface area contributed by atoms with Crippen LogP contribution in [0.3, 0.4) is 0 Å². The normalized spacial score (nSPS) is 11.8. The second-order valence-corrected chi connectivity index (χ2v) is 6.95. The van der Waals surface area contributed by atoms with E-state index in [0.717, 1.165) is 5.56 Å². The Morgan fingerprint density at radius 3 is 2.26 bits per heavy atom. The minimum Gasteiger partial charge on any atom is -0.383 e. The standard InChI is InChI=1S/C20H26N2O4S/c1-25-12-10-22(11-13-26-2)20(24)17(15-16-7-4-3-5-8-16)21-19(23)18-9-6-14-27-18/h3-9,14,17H,10-13,15H2,1-2H3,(H,21,23)/t17-/m0/s1. The molecule has 1 atom stereocenters. The zero-order chi connectivity index (χ0) is 19.5. The fourth-order valence-corrected chi connectivity index (χ4v) is 3.27. The lowest BCUT2D eigenvalue weighted by atomic mass is 10.0. The zero-order valence-corrected chi connectivity index (χ0v) is 16.5. The Bertz CT molecular complexity index is 683. The Morgan fingerprint density at radius 1 is 1.04 bits per heavy atom. The third-order valence-corrected chi connectivity index (χ3v) is 4.94. The minimum atomic E-state index is -0.657. The van der Waals surface area contributed by atoms with E-state index >= 15 is 0 Å². The predicted molar refractivity (Wildman–Crippen MR) is 106 cm³/mol. The van der Waals surface area contributed by atoms with Gasteiger partial charge in [0.05, 0.1) is 18.1 Å². The van der Waals surface area contributed by atoms with E-state index in [-0.39, 0.29) is 11.8 Å². The van der Waals surface area contributed by atoms with Crippen molar-refractivity contribution in [2.24, 2.45) is 0 Å². The number of ether oxygens (including phenoxy) is 2. The van der Waals surface area contributed by atoms with Gasteiger partial charge in [-0.15, -0.1) is 11.3 Å². The molecule has 0 spiro atoms. The number of carbonyl (C=O) groups excluding carboxylic acids is 2. The molecule has 1 aromatic carbocycles. The van der Waals surface area contributed by atoms with Crippen LogP contribution in [-0.4, -0.2) is 63.3 Å². The Kier molecular flexibility index (Phi) is 8.97. The number of carbonyl (C=O) groups is 2. The lowest BCUT2D eigenvalue weighted by molar-refractivity contribution is -0.134. The summed E-state index contributed by atoms with van der Waals surface area (Å²) < 4.78 is 10.2. The smallest absolute Gasteiger partial charge is 0.262 e. The maximum Gasteiger partial charge on any atom is 0.262 e. The molecule has 146 valence electrons. The van der Waals surface area contributed by atoms with Crippen molar-refractivity contribution >= 4 is 23.2 Å². The number of hydrogen-bond acceptors (Lipinski definition) is 5. The fourth-order valence-electron chi connectivity index (χ4n) is 2.64. The molecule has 2 aromatic rings. The number of hydrogen-bond donors (Lipinski definition) is 1. The van der Waals surface area contributed by atoms with Gasteiger partial charge in [0.1, 0.15) is 6.04 Å². The molecule has 2 rings (SSSR count). The largest absolute Gasteiger partial charge is 0.383 e. The van der Waals surface area contributed by atoms with Crippen LogP contribution in [0.1, 0.15) is 15.2 Å². The summed E-state index contributed by atoms with van der Waals surface area (Å²) in [6.07, 6.45) is 0.424. The zero-order valence-electron chi connectivity index (χ0n) is 15.7. The summed E-state index contributed by atoms with van der Waals surface area (Å²) >= 11 is 1.35. The van der Waals surface area contributed by atoms with Gasteiger partial charge in [0.2, 0.25) is 5.91 Å². The van der Waals surface area contributed by atoms with E-state index in [9.17, 15) is 9.59 Å². The fraction of sp³-hybridized carbons (Fsp3) is 0.400. The summed E-state index contributed by atoms with van der Waals surface area (Å²) in [6.45, 7) is 1.73. The number of thiophene rings is 1. The molecule has 27 heavy (non-hydrogen) atoms. The van der Waals surface area contributed by atoms with Crippen molar-refractivity contribution in [1.82, 2.24) is 10.2 Å². The summed E-state index contributed by atoms with van der Waals surface area (Å²) in [4.78, 5) is 28.0. The van der Waals surface area contributed by atoms with E-state index in [2.05, 4.69) is 5.32 Å². The first-order valence-electron chi connectivity index (χ1n) is 8.80. The van der Waals surface area contributed by atoms with Crippen LogP contribution in [0.2, 0.25) is 0 Å². The number of amides is 2. The van der Waals surface area contributed by atoms with E-state index in [1.54, 1.807) is 25.2 Å². The number of methoxy groups -OCH3 is 2. The Balaban J connectivity index is 2.17. The van der Waals surface area contributed by atoms with E-state index in [4.69, 9.17) is 9.47 Å². The second-order valence-electron chi connectivity index (χ2n) is 6.00. The average molecular weight is 391 g/mol. The highest BCUT2D eigenvalue weighted by Gasteiger charge is 2.26. The molecule has 0 unspecified atom stereocenters. The molecule has 1 heterocycles. The first-order chi connectivity index (χ1) is 13.2. The van der Waals surface area contributed by atoms with E-state index in [1.807, 2.05) is 41.8 Å². The van der Waals surface area contributed by atoms with Crippen molar-refractivity contribution < 1.29 is 19.1 Å². The highest BCUT2D eigenvalue weighted by atomic mass is 32.1. The molecule has 1 N–H and O–H groups in total. The Hall–Kier alpha value is -2.22. The van der Waals surface area contributed by atoms with Crippen molar-refractivity contribution in [1.29, 1.82) is 0 Å². The van der Waals surface area contributed by atoms with Crippen LogP contribution < -0.4 is 5.32 Å². The molecular weight excluding hydrogens is 364 g/mol. The number of rotatable bonds is 11. The van der Waals surface area contributed by atoms with Gasteiger partial charge in [-0.25, -0.2) is 0 Å². The maximum absolute atomic E-state index is 13.2. The van der Waals surface area contributed by atoms with Crippen molar-refractivity contribution in [2.75, 3.05) is 40.5 Å². The Labute approximate surface area is 164 Å². The lowest BCUT2D eigenvalue weighted by Crippen LogP contribution is -2.51. The number of nitrogens with zero attached hydrogens (tertiary/aromatic N) is 1. The minimum absolute atomic E-state index is 0.141. The highest BCUT2D eigenvalue weighted by molar-refractivity contribution is 7.12. The molecule has 0 bridgehead atoms. The van der Waals surface area contributed by atoms with Gasteiger partial charge < -0.3 is 19.7 Å². The summed E-state index contributed by atoms with van der Waals surface area (Å²) in [7, 11) is 3.19. The van der Waals surface area contributed by atoms with E-state index < -0.39 is 6.04 Å². The summed E-state index contributed by atoms with van der Waals surface area (Å²) in [5.74, 6) is -0.379. The average Bonchev–Trinajstić information content (AvgIpc) is 3.23. The summed E-state index contributed by atoms with van der Waals surface area (Å²) in [5.41, 5.74) is 0.987. The summed E-state index contributed by atoms with van der Waals surface area (Å²) in [5, 5.41) is 4.74. The van der Waals surface area contributed by atoms with Gasteiger partial charge in [-0.1, -0.05) is 36.4 Å². The molecule has 0 saturated heterocycles. The first-order valence-corrected chi connectivity index (χ1v) is 9.68. The number of nitrogens with one attached hydrogen (secondary N) is 1. The SMILES string of the molecule is COCCN(CCOC)C(=O)[C@H](Cc1ccccc1)NC(=O)c1cccs1. The van der Waals surface area contributed by atoms with Crippen molar-refractivity contribution in [3.8, 4) is 0 Å². The third-order valence-electron chi connectivity index (χ3n) is 4.07. The van der Waals surface area contributed by atoms with Crippen molar-refractivity contribution in [3.05, 3.63) is 58.3 Å². The van der Waals surface area contributed by atoms with E-state index in [0.29, 0.717) is 37.6 Å². The lowest BCUT2D eigenvalue weighted by Gasteiger charge is -2.27. The van der Waals surface area contributed by atoms with Gasteiger partial charge in [0.25, 0.3) is 5.91 Å². The third kappa shape index (κ3) is 6.78. The molecule has 2 amide bonds. The van der Waals surface area contributed by atoms with Gasteiger partial charge in [0.15, 0.2) is 0 Å². The van der Waals surface area contributed by atoms with Gasteiger partial charge in [-0.2, -0.15) is 0 Å².